The van der Waals surface area contributed by atoms with E-state index in [0.717, 1.165) is 26.0 Å². The molecule has 0 aliphatic carbocycles. The molecule has 0 aliphatic rings. The lowest BCUT2D eigenvalue weighted by Crippen LogP contribution is -2.23. The SMILES string of the molecule is CCCCOCCNCc1nc2cc(Cl)ccc2c(=O)[nH]1. The first-order valence-electron chi connectivity index (χ1n) is 7.17. The second-order valence-corrected chi connectivity index (χ2v) is 5.25. The van der Waals surface area contributed by atoms with Crippen molar-refractivity contribution in [2.45, 2.75) is 26.3 Å². The molecule has 1 aromatic carbocycles. The molecule has 0 spiro atoms. The highest BCUT2D eigenvalue weighted by atomic mass is 35.5. The third-order valence-electron chi connectivity index (χ3n) is 3.08. The topological polar surface area (TPSA) is 67.0 Å². The third-order valence-corrected chi connectivity index (χ3v) is 3.31. The van der Waals surface area contributed by atoms with Crippen LogP contribution < -0.4 is 10.9 Å². The molecule has 0 atom stereocenters. The third kappa shape index (κ3) is 4.81. The first kappa shape index (κ1) is 15.9. The number of rotatable bonds is 8. The molecular weight excluding hydrogens is 290 g/mol. The maximum Gasteiger partial charge on any atom is 0.258 e. The van der Waals surface area contributed by atoms with E-state index in [1.165, 1.54) is 0 Å². The van der Waals surface area contributed by atoms with E-state index < -0.39 is 0 Å². The smallest absolute Gasteiger partial charge is 0.258 e. The molecule has 0 radical (unpaired) electrons. The van der Waals surface area contributed by atoms with Gasteiger partial charge in [-0.05, 0) is 24.6 Å². The van der Waals surface area contributed by atoms with Crippen LogP contribution in [0, 0.1) is 0 Å². The molecule has 1 aromatic heterocycles. The van der Waals surface area contributed by atoms with Gasteiger partial charge in [0.15, 0.2) is 0 Å². The monoisotopic (exact) mass is 309 g/mol. The van der Waals surface area contributed by atoms with Crippen LogP contribution >= 0.6 is 11.6 Å². The summed E-state index contributed by atoms with van der Waals surface area (Å²) in [6, 6.07) is 5.07. The Morgan fingerprint density at radius 1 is 1.38 bits per heavy atom. The predicted octanol–water partition coefficient (Wildman–Crippen LogP) is 2.48. The number of fused-ring (bicyclic) bond motifs is 1. The average Bonchev–Trinajstić information content (AvgIpc) is 2.46. The summed E-state index contributed by atoms with van der Waals surface area (Å²) in [6.45, 7) is 4.80. The number of benzene rings is 1. The van der Waals surface area contributed by atoms with Crippen molar-refractivity contribution in [1.82, 2.24) is 15.3 Å². The summed E-state index contributed by atoms with van der Waals surface area (Å²) < 4.78 is 5.45. The lowest BCUT2D eigenvalue weighted by atomic mass is 10.2. The normalized spacial score (nSPS) is 11.1. The van der Waals surface area contributed by atoms with Crippen LogP contribution in [-0.4, -0.2) is 29.7 Å². The van der Waals surface area contributed by atoms with Gasteiger partial charge in [-0.25, -0.2) is 4.98 Å². The highest BCUT2D eigenvalue weighted by Gasteiger charge is 2.04. The lowest BCUT2D eigenvalue weighted by molar-refractivity contribution is 0.132. The zero-order chi connectivity index (χ0) is 15.1. The summed E-state index contributed by atoms with van der Waals surface area (Å²) in [6.07, 6.45) is 2.22. The minimum absolute atomic E-state index is 0.146. The van der Waals surface area contributed by atoms with Gasteiger partial charge in [-0.15, -0.1) is 0 Å². The summed E-state index contributed by atoms with van der Waals surface area (Å²) in [5, 5.41) is 4.31. The van der Waals surface area contributed by atoms with E-state index in [9.17, 15) is 4.79 Å². The second kappa shape index (κ2) is 8.12. The fourth-order valence-electron chi connectivity index (χ4n) is 1.94. The molecule has 21 heavy (non-hydrogen) atoms. The Balaban J connectivity index is 1.89. The molecule has 5 nitrogen and oxygen atoms in total. The van der Waals surface area contributed by atoms with Crippen molar-refractivity contribution in [2.24, 2.45) is 0 Å². The van der Waals surface area contributed by atoms with Gasteiger partial charge < -0.3 is 15.0 Å². The Morgan fingerprint density at radius 2 is 2.24 bits per heavy atom. The van der Waals surface area contributed by atoms with E-state index in [2.05, 4.69) is 22.2 Å². The van der Waals surface area contributed by atoms with Gasteiger partial charge in [-0.3, -0.25) is 4.79 Å². The average molecular weight is 310 g/mol. The van der Waals surface area contributed by atoms with Crippen LogP contribution in [0.25, 0.3) is 10.9 Å². The Bertz CT molecular complexity index is 642. The summed E-state index contributed by atoms with van der Waals surface area (Å²) in [7, 11) is 0. The van der Waals surface area contributed by atoms with Crippen molar-refractivity contribution in [3.05, 3.63) is 39.4 Å². The highest BCUT2D eigenvalue weighted by molar-refractivity contribution is 6.31. The molecule has 0 aliphatic heterocycles. The van der Waals surface area contributed by atoms with Gasteiger partial charge in [0, 0.05) is 18.2 Å². The maximum absolute atomic E-state index is 11.9. The zero-order valence-corrected chi connectivity index (χ0v) is 12.9. The fraction of sp³-hybridized carbons (Fsp3) is 0.467. The standard InChI is InChI=1S/C15H20ClN3O2/c1-2-3-7-21-8-6-17-10-14-18-13-9-11(16)4-5-12(13)15(20)19-14/h4-5,9,17H,2-3,6-8,10H2,1H3,(H,18,19,20). The van der Waals surface area contributed by atoms with Crippen molar-refractivity contribution in [3.8, 4) is 0 Å². The van der Waals surface area contributed by atoms with Crippen molar-refractivity contribution >= 4 is 22.5 Å². The van der Waals surface area contributed by atoms with Crippen LogP contribution in [0.3, 0.4) is 0 Å². The first-order valence-corrected chi connectivity index (χ1v) is 7.55. The number of ether oxygens (including phenoxy) is 1. The van der Waals surface area contributed by atoms with Gasteiger partial charge in [-0.2, -0.15) is 0 Å². The van der Waals surface area contributed by atoms with E-state index >= 15 is 0 Å². The van der Waals surface area contributed by atoms with Crippen LogP contribution in [0.4, 0.5) is 0 Å². The predicted molar refractivity (Wildman–Crippen MR) is 84.8 cm³/mol. The number of unbranched alkanes of at least 4 members (excludes halogenated alkanes) is 1. The molecule has 0 unspecified atom stereocenters. The molecule has 2 rings (SSSR count). The largest absolute Gasteiger partial charge is 0.380 e. The summed E-state index contributed by atoms with van der Waals surface area (Å²) >= 11 is 5.93. The van der Waals surface area contributed by atoms with E-state index in [4.69, 9.17) is 16.3 Å². The highest BCUT2D eigenvalue weighted by Crippen LogP contribution is 2.14. The molecular formula is C15H20ClN3O2. The maximum atomic E-state index is 11.9. The molecule has 2 N–H and O–H groups in total. The molecule has 0 saturated carbocycles. The van der Waals surface area contributed by atoms with Crippen LogP contribution in [-0.2, 0) is 11.3 Å². The number of aromatic nitrogens is 2. The number of H-pyrrole nitrogens is 1. The molecule has 6 heteroatoms. The van der Waals surface area contributed by atoms with Gasteiger partial charge in [0.05, 0.1) is 24.1 Å². The molecule has 1 heterocycles. The summed E-state index contributed by atoms with van der Waals surface area (Å²) in [5.41, 5.74) is 0.468. The molecule has 0 amide bonds. The number of nitrogens with one attached hydrogen (secondary N) is 2. The Kier molecular flexibility index (Phi) is 6.17. The minimum Gasteiger partial charge on any atom is -0.380 e. The van der Waals surface area contributed by atoms with E-state index in [1.807, 2.05) is 0 Å². The van der Waals surface area contributed by atoms with Crippen LogP contribution in [0.5, 0.6) is 0 Å². The Labute approximate surface area is 128 Å². The first-order chi connectivity index (χ1) is 10.2. The van der Waals surface area contributed by atoms with Gasteiger partial charge in [0.2, 0.25) is 0 Å². The van der Waals surface area contributed by atoms with Crippen LogP contribution in [0.15, 0.2) is 23.0 Å². The number of hydrogen-bond acceptors (Lipinski definition) is 4. The summed E-state index contributed by atoms with van der Waals surface area (Å²) in [5.74, 6) is 0.600. The van der Waals surface area contributed by atoms with Gasteiger partial charge in [-0.1, -0.05) is 24.9 Å². The molecule has 0 bridgehead atoms. The Morgan fingerprint density at radius 3 is 3.05 bits per heavy atom. The minimum atomic E-state index is -0.146. The van der Waals surface area contributed by atoms with Crippen molar-refractivity contribution in [3.63, 3.8) is 0 Å². The van der Waals surface area contributed by atoms with E-state index in [-0.39, 0.29) is 5.56 Å². The van der Waals surface area contributed by atoms with Crippen LogP contribution in [0.1, 0.15) is 25.6 Å². The molecule has 2 aromatic rings. The van der Waals surface area contributed by atoms with Gasteiger partial charge in [0.25, 0.3) is 5.56 Å². The van der Waals surface area contributed by atoms with E-state index in [1.54, 1.807) is 18.2 Å². The lowest BCUT2D eigenvalue weighted by Gasteiger charge is -2.06. The van der Waals surface area contributed by atoms with Crippen molar-refractivity contribution in [1.29, 1.82) is 0 Å². The second-order valence-electron chi connectivity index (χ2n) is 4.82. The van der Waals surface area contributed by atoms with Crippen molar-refractivity contribution in [2.75, 3.05) is 19.8 Å². The number of hydrogen-bond donors (Lipinski definition) is 2. The number of nitrogens with zero attached hydrogens (tertiary/aromatic N) is 1. The molecule has 0 saturated heterocycles. The molecule has 114 valence electrons. The van der Waals surface area contributed by atoms with Crippen molar-refractivity contribution < 1.29 is 4.74 Å². The Hall–Kier alpha value is -1.43. The molecule has 0 fully saturated rings. The number of halogens is 1. The van der Waals surface area contributed by atoms with Crippen LogP contribution in [0.2, 0.25) is 5.02 Å². The zero-order valence-electron chi connectivity index (χ0n) is 12.1. The van der Waals surface area contributed by atoms with E-state index in [0.29, 0.717) is 34.9 Å². The quantitative estimate of drug-likeness (QED) is 0.735. The number of aromatic amines is 1. The summed E-state index contributed by atoms with van der Waals surface area (Å²) in [4.78, 5) is 19.1. The van der Waals surface area contributed by atoms with Gasteiger partial charge in [0.1, 0.15) is 5.82 Å². The van der Waals surface area contributed by atoms with Gasteiger partial charge >= 0.3 is 0 Å². The fourth-order valence-corrected chi connectivity index (χ4v) is 2.11.